The fraction of sp³-hybridized carbons (Fsp3) is 0.500. The Morgan fingerprint density at radius 1 is 1.26 bits per heavy atom. The van der Waals surface area contributed by atoms with Crippen LogP contribution in [-0.2, 0) is 6.42 Å². The van der Waals surface area contributed by atoms with E-state index in [1.165, 1.54) is 18.4 Å². The van der Waals surface area contributed by atoms with Gasteiger partial charge in [0.15, 0.2) is 0 Å². The van der Waals surface area contributed by atoms with E-state index in [0.717, 1.165) is 41.9 Å². The van der Waals surface area contributed by atoms with E-state index in [4.69, 9.17) is 9.47 Å². The first kappa shape index (κ1) is 14.7. The average Bonchev–Trinajstić information content (AvgIpc) is 2.62. The topological polar surface area (TPSA) is 55.4 Å². The SMILES string of the molecule is COc1ccc2ncc3c(c2c1)CC(NC1CCNCC1)CO3. The average molecular weight is 313 g/mol. The van der Waals surface area contributed by atoms with Crippen molar-refractivity contribution in [3.05, 3.63) is 30.0 Å². The molecule has 1 aromatic heterocycles. The van der Waals surface area contributed by atoms with Gasteiger partial charge in [0.1, 0.15) is 18.1 Å². The van der Waals surface area contributed by atoms with Crippen LogP contribution < -0.4 is 20.1 Å². The maximum absolute atomic E-state index is 5.98. The summed E-state index contributed by atoms with van der Waals surface area (Å²) in [5.74, 6) is 1.77. The highest BCUT2D eigenvalue weighted by atomic mass is 16.5. The maximum Gasteiger partial charge on any atom is 0.141 e. The first-order valence-corrected chi connectivity index (χ1v) is 8.38. The van der Waals surface area contributed by atoms with Gasteiger partial charge in [0.25, 0.3) is 0 Å². The molecule has 2 aliphatic heterocycles. The van der Waals surface area contributed by atoms with E-state index in [9.17, 15) is 0 Å². The lowest BCUT2D eigenvalue weighted by Gasteiger charge is -2.32. The molecule has 122 valence electrons. The van der Waals surface area contributed by atoms with Crippen molar-refractivity contribution in [1.82, 2.24) is 15.6 Å². The Morgan fingerprint density at radius 2 is 2.13 bits per heavy atom. The predicted octanol–water partition coefficient (Wildman–Crippen LogP) is 1.89. The Labute approximate surface area is 136 Å². The molecule has 0 amide bonds. The molecule has 1 unspecified atom stereocenters. The smallest absolute Gasteiger partial charge is 0.141 e. The van der Waals surface area contributed by atoms with Gasteiger partial charge in [0, 0.05) is 23.0 Å². The van der Waals surface area contributed by atoms with E-state index in [0.29, 0.717) is 18.7 Å². The summed E-state index contributed by atoms with van der Waals surface area (Å²) in [6.07, 6.45) is 5.21. The molecular formula is C18H23N3O2. The molecule has 0 bridgehead atoms. The maximum atomic E-state index is 5.98. The second-order valence-corrected chi connectivity index (χ2v) is 6.39. The molecule has 2 aromatic rings. The van der Waals surface area contributed by atoms with E-state index in [1.54, 1.807) is 7.11 Å². The Balaban J connectivity index is 1.60. The number of piperidine rings is 1. The van der Waals surface area contributed by atoms with Crippen LogP contribution in [0.15, 0.2) is 24.4 Å². The third-order valence-electron chi connectivity index (χ3n) is 4.85. The molecule has 1 saturated heterocycles. The molecule has 0 aliphatic carbocycles. The molecule has 2 aliphatic rings. The van der Waals surface area contributed by atoms with Crippen molar-refractivity contribution in [2.45, 2.75) is 31.3 Å². The van der Waals surface area contributed by atoms with E-state index >= 15 is 0 Å². The van der Waals surface area contributed by atoms with Gasteiger partial charge in [0.2, 0.25) is 0 Å². The quantitative estimate of drug-likeness (QED) is 0.906. The number of pyridine rings is 1. The number of hydrogen-bond acceptors (Lipinski definition) is 5. The minimum Gasteiger partial charge on any atom is -0.497 e. The summed E-state index contributed by atoms with van der Waals surface area (Å²) in [7, 11) is 1.70. The molecule has 1 atom stereocenters. The predicted molar refractivity (Wildman–Crippen MR) is 90.3 cm³/mol. The molecule has 3 heterocycles. The summed E-state index contributed by atoms with van der Waals surface area (Å²) >= 11 is 0. The van der Waals surface area contributed by atoms with Gasteiger partial charge in [0.05, 0.1) is 18.8 Å². The van der Waals surface area contributed by atoms with Gasteiger partial charge < -0.3 is 20.1 Å². The molecule has 0 spiro atoms. The van der Waals surface area contributed by atoms with Crippen molar-refractivity contribution in [3.8, 4) is 11.5 Å². The van der Waals surface area contributed by atoms with E-state index < -0.39 is 0 Å². The van der Waals surface area contributed by atoms with Gasteiger partial charge in [-0.1, -0.05) is 0 Å². The van der Waals surface area contributed by atoms with Crippen molar-refractivity contribution in [3.63, 3.8) is 0 Å². The summed E-state index contributed by atoms with van der Waals surface area (Å²) in [5, 5.41) is 8.32. The number of nitrogens with zero attached hydrogens (tertiary/aromatic N) is 1. The highest BCUT2D eigenvalue weighted by molar-refractivity contribution is 5.85. The van der Waals surface area contributed by atoms with E-state index in [1.807, 2.05) is 18.3 Å². The molecule has 4 rings (SSSR count). The van der Waals surface area contributed by atoms with Crippen LogP contribution in [0.4, 0.5) is 0 Å². The molecule has 1 fully saturated rings. The van der Waals surface area contributed by atoms with Crippen LogP contribution >= 0.6 is 0 Å². The van der Waals surface area contributed by atoms with Crippen LogP contribution in [0.3, 0.4) is 0 Å². The monoisotopic (exact) mass is 313 g/mol. The fourth-order valence-electron chi connectivity index (χ4n) is 3.59. The second-order valence-electron chi connectivity index (χ2n) is 6.39. The molecule has 1 aromatic carbocycles. The number of nitrogens with one attached hydrogen (secondary N) is 2. The van der Waals surface area contributed by atoms with E-state index in [2.05, 4.69) is 21.7 Å². The lowest BCUT2D eigenvalue weighted by Crippen LogP contribution is -2.48. The number of ether oxygens (including phenoxy) is 2. The van der Waals surface area contributed by atoms with Gasteiger partial charge >= 0.3 is 0 Å². The summed E-state index contributed by atoms with van der Waals surface area (Å²) in [6, 6.07) is 6.99. The van der Waals surface area contributed by atoms with Gasteiger partial charge in [-0.15, -0.1) is 0 Å². The van der Waals surface area contributed by atoms with Crippen LogP contribution in [-0.4, -0.2) is 43.9 Å². The Kier molecular flexibility index (Phi) is 4.06. The molecule has 0 radical (unpaired) electrons. The normalized spacial score (nSPS) is 21.7. The molecule has 23 heavy (non-hydrogen) atoms. The van der Waals surface area contributed by atoms with Gasteiger partial charge in [-0.05, 0) is 50.6 Å². The zero-order valence-corrected chi connectivity index (χ0v) is 13.5. The van der Waals surface area contributed by atoms with Crippen molar-refractivity contribution < 1.29 is 9.47 Å². The standard InChI is InChI=1S/C18H23N3O2/c1-22-14-2-3-17-15(9-14)16-8-13(11-23-18(16)10-20-17)21-12-4-6-19-7-5-12/h2-3,9-10,12-13,19,21H,4-8,11H2,1H3. The van der Waals surface area contributed by atoms with Crippen LogP contribution in [0.1, 0.15) is 18.4 Å². The second kappa shape index (κ2) is 6.34. The van der Waals surface area contributed by atoms with Crippen LogP contribution in [0.5, 0.6) is 11.5 Å². The van der Waals surface area contributed by atoms with Gasteiger partial charge in [-0.3, -0.25) is 4.98 Å². The van der Waals surface area contributed by atoms with Crippen LogP contribution in [0.25, 0.3) is 10.9 Å². The van der Waals surface area contributed by atoms with Gasteiger partial charge in [-0.25, -0.2) is 0 Å². The number of methoxy groups -OCH3 is 1. The minimum absolute atomic E-state index is 0.363. The Morgan fingerprint density at radius 3 is 2.96 bits per heavy atom. The highest BCUT2D eigenvalue weighted by Crippen LogP contribution is 2.32. The third kappa shape index (κ3) is 2.99. The Bertz CT molecular complexity index is 693. The van der Waals surface area contributed by atoms with Crippen molar-refractivity contribution in [2.75, 3.05) is 26.8 Å². The number of hydrogen-bond donors (Lipinski definition) is 2. The lowest BCUT2D eigenvalue weighted by atomic mass is 9.97. The highest BCUT2D eigenvalue weighted by Gasteiger charge is 2.25. The van der Waals surface area contributed by atoms with Crippen molar-refractivity contribution >= 4 is 10.9 Å². The molecule has 0 saturated carbocycles. The molecule has 5 heteroatoms. The molecule has 2 N–H and O–H groups in total. The largest absolute Gasteiger partial charge is 0.497 e. The summed E-state index contributed by atoms with van der Waals surface area (Å²) < 4.78 is 11.3. The number of rotatable bonds is 3. The van der Waals surface area contributed by atoms with Crippen molar-refractivity contribution in [1.29, 1.82) is 0 Å². The first-order valence-electron chi connectivity index (χ1n) is 8.38. The van der Waals surface area contributed by atoms with E-state index in [-0.39, 0.29) is 0 Å². The minimum atomic E-state index is 0.363. The fourth-order valence-corrected chi connectivity index (χ4v) is 3.59. The number of aromatic nitrogens is 1. The third-order valence-corrected chi connectivity index (χ3v) is 4.85. The molecule has 5 nitrogen and oxygen atoms in total. The zero-order valence-electron chi connectivity index (χ0n) is 13.5. The summed E-state index contributed by atoms with van der Waals surface area (Å²) in [6.45, 7) is 2.92. The van der Waals surface area contributed by atoms with Crippen molar-refractivity contribution in [2.24, 2.45) is 0 Å². The van der Waals surface area contributed by atoms with Crippen LogP contribution in [0.2, 0.25) is 0 Å². The summed E-state index contributed by atoms with van der Waals surface area (Å²) in [5.41, 5.74) is 2.24. The lowest BCUT2D eigenvalue weighted by molar-refractivity contribution is 0.217. The number of benzene rings is 1. The van der Waals surface area contributed by atoms with Crippen LogP contribution in [0, 0.1) is 0 Å². The Hall–Kier alpha value is -1.85. The molecular weight excluding hydrogens is 290 g/mol. The summed E-state index contributed by atoms with van der Waals surface area (Å²) in [4.78, 5) is 4.50. The number of fused-ring (bicyclic) bond motifs is 3. The first-order chi connectivity index (χ1) is 11.3. The zero-order chi connectivity index (χ0) is 15.6. The van der Waals surface area contributed by atoms with Gasteiger partial charge in [-0.2, -0.15) is 0 Å².